The lowest BCUT2D eigenvalue weighted by atomic mass is 9.96. The molecule has 2 rings (SSSR count). The first-order chi connectivity index (χ1) is 8.59. The van der Waals surface area contributed by atoms with E-state index < -0.39 is 0 Å². The van der Waals surface area contributed by atoms with Crippen molar-refractivity contribution >= 4 is 29.3 Å². The lowest BCUT2D eigenvalue weighted by Gasteiger charge is -2.27. The first kappa shape index (κ1) is 14.0. The summed E-state index contributed by atoms with van der Waals surface area (Å²) in [6.45, 7) is 6.38. The first-order valence-corrected chi connectivity index (χ1v) is 8.50. The van der Waals surface area contributed by atoms with Crippen LogP contribution in [-0.2, 0) is 11.2 Å². The molecule has 0 spiro atoms. The second kappa shape index (κ2) is 6.16. The van der Waals surface area contributed by atoms with Crippen molar-refractivity contribution in [3.05, 3.63) is 34.9 Å². The smallest absolute Gasteiger partial charge is 0.151 e. The van der Waals surface area contributed by atoms with E-state index in [4.69, 9.17) is 0 Å². The summed E-state index contributed by atoms with van der Waals surface area (Å²) in [5.74, 6) is 2.69. The maximum Gasteiger partial charge on any atom is 0.151 e. The lowest BCUT2D eigenvalue weighted by molar-refractivity contribution is -0.117. The molecule has 18 heavy (non-hydrogen) atoms. The highest BCUT2D eigenvalue weighted by molar-refractivity contribution is 8.07. The Bertz CT molecular complexity index is 422. The van der Waals surface area contributed by atoms with Crippen LogP contribution in [0.5, 0.6) is 0 Å². The normalized spacial score (nSPS) is 23.9. The van der Waals surface area contributed by atoms with Crippen molar-refractivity contribution < 1.29 is 4.79 Å². The molecule has 1 fully saturated rings. The Kier molecular flexibility index (Phi) is 4.79. The number of aryl methyl sites for hydroxylation is 2. The van der Waals surface area contributed by atoms with Gasteiger partial charge in [-0.2, -0.15) is 11.8 Å². The van der Waals surface area contributed by atoms with Crippen molar-refractivity contribution in [1.29, 1.82) is 0 Å². The van der Waals surface area contributed by atoms with Gasteiger partial charge in [-0.25, -0.2) is 0 Å². The van der Waals surface area contributed by atoms with E-state index in [2.05, 4.69) is 39.0 Å². The van der Waals surface area contributed by atoms with Gasteiger partial charge in [-0.1, -0.05) is 25.1 Å². The zero-order chi connectivity index (χ0) is 13.1. The predicted octanol–water partition coefficient (Wildman–Crippen LogP) is 3.65. The topological polar surface area (TPSA) is 17.1 Å². The Morgan fingerprint density at radius 1 is 1.22 bits per heavy atom. The molecule has 0 N–H and O–H groups in total. The second-order valence-corrected chi connectivity index (χ2v) is 7.62. The summed E-state index contributed by atoms with van der Waals surface area (Å²) in [4.78, 5) is 12.4. The number of ketones is 1. The Hall–Kier alpha value is -0.410. The Labute approximate surface area is 118 Å². The largest absolute Gasteiger partial charge is 0.298 e. The third-order valence-electron chi connectivity index (χ3n) is 3.50. The molecule has 2 atom stereocenters. The van der Waals surface area contributed by atoms with E-state index in [0.29, 0.717) is 17.5 Å². The Morgan fingerprint density at radius 3 is 2.44 bits per heavy atom. The zero-order valence-corrected chi connectivity index (χ0v) is 12.9. The quantitative estimate of drug-likeness (QED) is 0.841. The average Bonchev–Trinajstić information content (AvgIpc) is 2.34. The van der Waals surface area contributed by atoms with Crippen LogP contribution in [0, 0.1) is 13.8 Å². The molecule has 0 bridgehead atoms. The molecular weight excluding hydrogens is 260 g/mol. The highest BCUT2D eigenvalue weighted by Crippen LogP contribution is 2.32. The van der Waals surface area contributed by atoms with Crippen molar-refractivity contribution in [2.75, 3.05) is 11.5 Å². The number of carbonyl (C=O) groups excluding carboxylic acids is 1. The van der Waals surface area contributed by atoms with Crippen molar-refractivity contribution in [3.8, 4) is 0 Å². The first-order valence-electron chi connectivity index (χ1n) is 6.40. The zero-order valence-electron chi connectivity index (χ0n) is 11.2. The molecule has 0 aromatic heterocycles. The van der Waals surface area contributed by atoms with E-state index >= 15 is 0 Å². The summed E-state index contributed by atoms with van der Waals surface area (Å²) in [6.07, 6.45) is 0.598. The van der Waals surface area contributed by atoms with Crippen LogP contribution in [0.1, 0.15) is 23.6 Å². The van der Waals surface area contributed by atoms with Crippen LogP contribution in [-0.4, -0.2) is 27.8 Å². The van der Waals surface area contributed by atoms with Gasteiger partial charge in [0.25, 0.3) is 0 Å². The van der Waals surface area contributed by atoms with Crippen LogP contribution in [0.2, 0.25) is 0 Å². The lowest BCUT2D eigenvalue weighted by Crippen LogP contribution is -2.32. The summed E-state index contributed by atoms with van der Waals surface area (Å²) in [6, 6.07) is 6.26. The second-order valence-electron chi connectivity index (χ2n) is 4.88. The summed E-state index contributed by atoms with van der Waals surface area (Å²) >= 11 is 3.77. The number of hydrogen-bond donors (Lipinski definition) is 0. The molecule has 2 unspecified atom stereocenters. The summed E-state index contributed by atoms with van der Waals surface area (Å²) < 4.78 is 0. The van der Waals surface area contributed by atoms with Crippen LogP contribution < -0.4 is 0 Å². The van der Waals surface area contributed by atoms with E-state index in [1.54, 1.807) is 0 Å². The average molecular weight is 280 g/mol. The number of thioether (sulfide) groups is 2. The SMILES string of the molecule is Cc1cccc(C)c1CC(=O)C1SCCSC1C. The van der Waals surface area contributed by atoms with Crippen molar-refractivity contribution in [2.45, 2.75) is 37.7 Å². The highest BCUT2D eigenvalue weighted by atomic mass is 32.2. The third kappa shape index (κ3) is 3.12. The van der Waals surface area contributed by atoms with Crippen LogP contribution >= 0.6 is 23.5 Å². The van der Waals surface area contributed by atoms with Gasteiger partial charge in [0.1, 0.15) is 0 Å². The fraction of sp³-hybridized carbons (Fsp3) is 0.533. The molecule has 0 amide bonds. The van der Waals surface area contributed by atoms with Crippen molar-refractivity contribution in [2.24, 2.45) is 0 Å². The molecular formula is C15H20OS2. The highest BCUT2D eigenvalue weighted by Gasteiger charge is 2.29. The van der Waals surface area contributed by atoms with Gasteiger partial charge in [0, 0.05) is 23.2 Å². The maximum absolute atomic E-state index is 12.4. The van der Waals surface area contributed by atoms with Gasteiger partial charge in [0.05, 0.1) is 5.25 Å². The van der Waals surface area contributed by atoms with Crippen LogP contribution in [0.3, 0.4) is 0 Å². The number of rotatable bonds is 3. The Morgan fingerprint density at radius 2 is 1.83 bits per heavy atom. The Balaban J connectivity index is 2.11. The molecule has 1 saturated heterocycles. The standard InChI is InChI=1S/C15H20OS2/c1-10-5-4-6-11(2)13(10)9-14(16)15-12(3)17-7-8-18-15/h4-6,12,15H,7-9H2,1-3H3. The van der Waals surface area contributed by atoms with Crippen LogP contribution in [0.4, 0.5) is 0 Å². The number of hydrogen-bond acceptors (Lipinski definition) is 3. The van der Waals surface area contributed by atoms with Gasteiger partial charge in [0.2, 0.25) is 0 Å². The molecule has 98 valence electrons. The maximum atomic E-state index is 12.4. The molecule has 1 nitrogen and oxygen atoms in total. The van der Waals surface area contributed by atoms with E-state index in [0.717, 1.165) is 5.75 Å². The van der Waals surface area contributed by atoms with Gasteiger partial charge in [-0.05, 0) is 30.5 Å². The summed E-state index contributed by atoms with van der Waals surface area (Å²) in [7, 11) is 0. The third-order valence-corrected chi connectivity index (χ3v) is 6.64. The minimum absolute atomic E-state index is 0.183. The van der Waals surface area contributed by atoms with Gasteiger partial charge in [0.15, 0.2) is 5.78 Å². The minimum Gasteiger partial charge on any atom is -0.298 e. The number of Topliss-reactive ketones (excluding diaryl/α,β-unsaturated/α-hetero) is 1. The van der Waals surface area contributed by atoms with Crippen LogP contribution in [0.15, 0.2) is 18.2 Å². The molecule has 1 aliphatic rings. The van der Waals surface area contributed by atoms with E-state index in [1.165, 1.54) is 22.4 Å². The van der Waals surface area contributed by atoms with Gasteiger partial charge in [-0.3, -0.25) is 4.79 Å². The molecule has 1 heterocycles. The molecule has 1 aliphatic heterocycles. The fourth-order valence-corrected chi connectivity index (χ4v) is 5.12. The van der Waals surface area contributed by atoms with Crippen molar-refractivity contribution in [3.63, 3.8) is 0 Å². The molecule has 0 aliphatic carbocycles. The number of carbonyl (C=O) groups is 1. The van der Waals surface area contributed by atoms with Crippen molar-refractivity contribution in [1.82, 2.24) is 0 Å². The van der Waals surface area contributed by atoms with Gasteiger partial charge >= 0.3 is 0 Å². The predicted molar refractivity (Wildman–Crippen MR) is 82.8 cm³/mol. The molecule has 1 aromatic carbocycles. The minimum atomic E-state index is 0.183. The number of benzene rings is 1. The van der Waals surface area contributed by atoms with Crippen LogP contribution in [0.25, 0.3) is 0 Å². The summed E-state index contributed by atoms with van der Waals surface area (Å²) in [5.41, 5.74) is 3.71. The van der Waals surface area contributed by atoms with E-state index in [9.17, 15) is 4.79 Å². The van der Waals surface area contributed by atoms with Gasteiger partial charge < -0.3 is 0 Å². The monoisotopic (exact) mass is 280 g/mol. The fourth-order valence-electron chi connectivity index (χ4n) is 2.39. The summed E-state index contributed by atoms with van der Waals surface area (Å²) in [5, 5.41) is 0.642. The van der Waals surface area contributed by atoms with Gasteiger partial charge in [-0.15, -0.1) is 11.8 Å². The molecule has 0 radical (unpaired) electrons. The molecule has 0 saturated carbocycles. The van der Waals surface area contributed by atoms with E-state index in [-0.39, 0.29) is 5.25 Å². The van der Waals surface area contributed by atoms with E-state index in [1.807, 2.05) is 23.5 Å². The molecule has 3 heteroatoms. The molecule has 1 aromatic rings.